The normalized spacial score (nSPS) is 10.4. The Hall–Kier alpha value is -3.24. The fourth-order valence-electron chi connectivity index (χ4n) is 2.67. The number of rotatable bonds is 9. The van der Waals surface area contributed by atoms with E-state index >= 15 is 0 Å². The summed E-state index contributed by atoms with van der Waals surface area (Å²) < 4.78 is 12.9. The monoisotopic (exact) mass is 472 g/mol. The first kappa shape index (κ1) is 23.4. The summed E-state index contributed by atoms with van der Waals surface area (Å²) >= 11 is 2.72. The summed E-state index contributed by atoms with van der Waals surface area (Å²) in [6, 6.07) is 12.6. The molecule has 0 spiro atoms. The molecule has 3 N–H and O–H groups in total. The second-order valence-corrected chi connectivity index (χ2v) is 8.64. The van der Waals surface area contributed by atoms with E-state index in [4.69, 9.17) is 0 Å². The third-order valence-electron chi connectivity index (χ3n) is 4.05. The lowest BCUT2D eigenvalue weighted by molar-refractivity contribution is -0.116. The largest absolute Gasteiger partial charge is 0.326 e. The molecule has 10 heteroatoms. The van der Waals surface area contributed by atoms with Gasteiger partial charge >= 0.3 is 0 Å². The Kier molecular flexibility index (Phi) is 8.34. The topological polar surface area (TPSA) is 100 Å². The molecule has 0 aliphatic heterocycles. The lowest BCUT2D eigenvalue weighted by Crippen LogP contribution is -2.14. The molecule has 0 saturated carbocycles. The molecule has 0 fully saturated rings. The third kappa shape index (κ3) is 7.78. The molecule has 0 radical (unpaired) electrons. The summed E-state index contributed by atoms with van der Waals surface area (Å²) in [4.78, 5) is 39.6. The van der Waals surface area contributed by atoms with Crippen molar-refractivity contribution in [2.45, 2.75) is 19.1 Å². The molecule has 0 saturated heterocycles. The standard InChI is InChI=1S/C22H21FN4O3S2/c1-14(28)24-17-6-8-18(9-7-17)25-21(30)13-31-11-19-12-32-22(26-19)27-20(29)10-15-2-4-16(23)5-3-15/h2-9,12H,10-11,13H2,1H3,(H,24,28)(H,25,30)(H,26,27,29). The van der Waals surface area contributed by atoms with Crippen LogP contribution in [0.4, 0.5) is 20.9 Å². The van der Waals surface area contributed by atoms with Crippen LogP contribution in [0.1, 0.15) is 18.2 Å². The number of carbonyl (C=O) groups excluding carboxylic acids is 3. The maximum absolute atomic E-state index is 12.9. The molecule has 0 bridgehead atoms. The Labute approximate surface area is 192 Å². The smallest absolute Gasteiger partial charge is 0.234 e. The van der Waals surface area contributed by atoms with Gasteiger partial charge in [-0.3, -0.25) is 14.4 Å². The number of nitrogens with one attached hydrogen (secondary N) is 3. The van der Waals surface area contributed by atoms with Gasteiger partial charge in [0.15, 0.2) is 5.13 Å². The van der Waals surface area contributed by atoms with Crippen molar-refractivity contribution in [3.05, 3.63) is 71.0 Å². The van der Waals surface area contributed by atoms with Gasteiger partial charge in [0, 0.05) is 29.4 Å². The summed E-state index contributed by atoms with van der Waals surface area (Å²) in [5.41, 5.74) is 2.79. The number of halogens is 1. The summed E-state index contributed by atoms with van der Waals surface area (Å²) in [6.07, 6.45) is 0.135. The van der Waals surface area contributed by atoms with Crippen LogP contribution >= 0.6 is 23.1 Å². The van der Waals surface area contributed by atoms with Gasteiger partial charge in [0.2, 0.25) is 17.7 Å². The van der Waals surface area contributed by atoms with Crippen LogP contribution in [0, 0.1) is 5.82 Å². The molecule has 3 aromatic rings. The van der Waals surface area contributed by atoms with Crippen LogP contribution in [0.5, 0.6) is 0 Å². The van der Waals surface area contributed by atoms with Crippen molar-refractivity contribution in [3.63, 3.8) is 0 Å². The van der Waals surface area contributed by atoms with Gasteiger partial charge in [-0.25, -0.2) is 9.37 Å². The molecule has 3 amide bonds. The second kappa shape index (κ2) is 11.4. The van der Waals surface area contributed by atoms with Crippen LogP contribution in [0.15, 0.2) is 53.9 Å². The lowest BCUT2D eigenvalue weighted by atomic mass is 10.1. The fourth-order valence-corrected chi connectivity index (χ4v) is 4.22. The van der Waals surface area contributed by atoms with E-state index in [9.17, 15) is 18.8 Å². The van der Waals surface area contributed by atoms with Crippen molar-refractivity contribution in [1.82, 2.24) is 4.98 Å². The van der Waals surface area contributed by atoms with Gasteiger partial charge < -0.3 is 16.0 Å². The summed E-state index contributed by atoms with van der Waals surface area (Å²) in [5, 5.41) is 10.5. The van der Waals surface area contributed by atoms with E-state index in [0.29, 0.717) is 27.8 Å². The van der Waals surface area contributed by atoms with Crippen molar-refractivity contribution in [2.24, 2.45) is 0 Å². The van der Waals surface area contributed by atoms with Crippen LogP contribution in [0.2, 0.25) is 0 Å². The Morgan fingerprint density at radius 3 is 2.25 bits per heavy atom. The highest BCUT2D eigenvalue weighted by Gasteiger charge is 2.09. The van der Waals surface area contributed by atoms with E-state index in [1.807, 2.05) is 5.38 Å². The van der Waals surface area contributed by atoms with Gasteiger partial charge in [0.1, 0.15) is 5.82 Å². The Bertz CT molecular complexity index is 1090. The first-order valence-electron chi connectivity index (χ1n) is 9.61. The molecular formula is C22H21FN4O3S2. The first-order chi connectivity index (χ1) is 15.4. The SMILES string of the molecule is CC(=O)Nc1ccc(NC(=O)CSCc2csc(NC(=O)Cc3ccc(F)cc3)n2)cc1. The number of anilines is 3. The second-order valence-electron chi connectivity index (χ2n) is 6.79. The molecule has 1 aromatic heterocycles. The van der Waals surface area contributed by atoms with Gasteiger partial charge in [-0.1, -0.05) is 12.1 Å². The lowest BCUT2D eigenvalue weighted by Gasteiger charge is -2.06. The number of nitrogens with zero attached hydrogens (tertiary/aromatic N) is 1. The summed E-state index contributed by atoms with van der Waals surface area (Å²) in [6.45, 7) is 1.43. The maximum atomic E-state index is 12.9. The van der Waals surface area contributed by atoms with Gasteiger partial charge in [-0.05, 0) is 42.0 Å². The molecule has 1 heterocycles. The first-order valence-corrected chi connectivity index (χ1v) is 11.6. The van der Waals surface area contributed by atoms with Crippen LogP contribution in [0.25, 0.3) is 0 Å². The van der Waals surface area contributed by atoms with E-state index in [1.165, 1.54) is 42.2 Å². The van der Waals surface area contributed by atoms with E-state index < -0.39 is 0 Å². The Morgan fingerprint density at radius 2 is 1.59 bits per heavy atom. The molecule has 0 aliphatic rings. The highest BCUT2D eigenvalue weighted by molar-refractivity contribution is 7.99. The zero-order valence-corrected chi connectivity index (χ0v) is 18.8. The Balaban J connectivity index is 1.39. The number of hydrogen-bond donors (Lipinski definition) is 3. The third-order valence-corrected chi connectivity index (χ3v) is 5.82. The highest BCUT2D eigenvalue weighted by atomic mass is 32.2. The number of thiazole rings is 1. The van der Waals surface area contributed by atoms with Gasteiger partial charge in [-0.2, -0.15) is 0 Å². The number of benzene rings is 2. The minimum atomic E-state index is -0.343. The predicted octanol–water partition coefficient (Wildman–Crippen LogP) is 4.29. The number of hydrogen-bond acceptors (Lipinski definition) is 6. The van der Waals surface area contributed by atoms with Crippen LogP contribution in [-0.4, -0.2) is 28.5 Å². The molecule has 32 heavy (non-hydrogen) atoms. The van der Waals surface area contributed by atoms with Crippen molar-refractivity contribution in [3.8, 4) is 0 Å². The molecular weight excluding hydrogens is 451 g/mol. The van der Waals surface area contributed by atoms with Crippen LogP contribution in [0.3, 0.4) is 0 Å². The number of amides is 3. The van der Waals surface area contributed by atoms with E-state index in [1.54, 1.807) is 36.4 Å². The number of aromatic nitrogens is 1. The van der Waals surface area contributed by atoms with Gasteiger partial charge in [-0.15, -0.1) is 23.1 Å². The van der Waals surface area contributed by atoms with Crippen molar-refractivity contribution < 1.29 is 18.8 Å². The van der Waals surface area contributed by atoms with Crippen molar-refractivity contribution in [1.29, 1.82) is 0 Å². The average Bonchev–Trinajstić information content (AvgIpc) is 3.18. The molecule has 0 unspecified atom stereocenters. The number of thioether (sulfide) groups is 1. The zero-order chi connectivity index (χ0) is 22.9. The van der Waals surface area contributed by atoms with Crippen LogP contribution < -0.4 is 16.0 Å². The molecule has 166 valence electrons. The molecule has 0 aliphatic carbocycles. The molecule has 3 rings (SSSR count). The van der Waals surface area contributed by atoms with Crippen LogP contribution in [-0.2, 0) is 26.6 Å². The van der Waals surface area contributed by atoms with Gasteiger partial charge in [0.25, 0.3) is 0 Å². The van der Waals surface area contributed by atoms with Crippen molar-refractivity contribution >= 4 is 57.3 Å². The van der Waals surface area contributed by atoms with E-state index in [0.717, 1.165) is 5.69 Å². The quantitative estimate of drug-likeness (QED) is 0.431. The number of carbonyl (C=O) groups is 3. The van der Waals surface area contributed by atoms with Gasteiger partial charge in [0.05, 0.1) is 17.9 Å². The predicted molar refractivity (Wildman–Crippen MR) is 126 cm³/mol. The average molecular weight is 473 g/mol. The minimum Gasteiger partial charge on any atom is -0.326 e. The molecule has 2 aromatic carbocycles. The maximum Gasteiger partial charge on any atom is 0.234 e. The molecule has 0 atom stereocenters. The summed E-state index contributed by atoms with van der Waals surface area (Å²) in [5.74, 6) is -0.101. The molecule has 7 nitrogen and oxygen atoms in total. The highest BCUT2D eigenvalue weighted by Crippen LogP contribution is 2.20. The fraction of sp³-hybridized carbons (Fsp3) is 0.182. The summed E-state index contributed by atoms with van der Waals surface area (Å²) in [7, 11) is 0. The minimum absolute atomic E-state index is 0.135. The Morgan fingerprint density at radius 1 is 0.938 bits per heavy atom. The van der Waals surface area contributed by atoms with E-state index in [2.05, 4.69) is 20.9 Å². The zero-order valence-electron chi connectivity index (χ0n) is 17.2. The van der Waals surface area contributed by atoms with E-state index in [-0.39, 0.29) is 35.7 Å². The van der Waals surface area contributed by atoms with Crippen molar-refractivity contribution in [2.75, 3.05) is 21.7 Å².